The highest BCUT2D eigenvalue weighted by molar-refractivity contribution is 5.40. The van der Waals surface area contributed by atoms with Gasteiger partial charge in [0.2, 0.25) is 0 Å². The largest absolute Gasteiger partial charge is 0.481 e. The zero-order chi connectivity index (χ0) is 20.4. The van der Waals surface area contributed by atoms with E-state index in [1.807, 2.05) is 0 Å². The minimum Gasteiger partial charge on any atom is -0.481 e. The molecular weight excluding hydrogens is 382 g/mol. The Bertz CT molecular complexity index is 885. The van der Waals surface area contributed by atoms with Gasteiger partial charge in [-0.3, -0.25) is 0 Å². The Morgan fingerprint density at radius 2 is 1.04 bits per heavy atom. The molecule has 0 fully saturated rings. The highest BCUT2D eigenvalue weighted by atomic mass is 19.4. The first kappa shape index (κ1) is 19.8. The summed E-state index contributed by atoms with van der Waals surface area (Å²) in [6.45, 7) is 0. The van der Waals surface area contributed by atoms with E-state index in [-0.39, 0.29) is 11.6 Å². The van der Waals surface area contributed by atoms with Crippen LogP contribution in [0.15, 0.2) is 78.9 Å². The van der Waals surface area contributed by atoms with Crippen molar-refractivity contribution in [3.8, 4) is 5.75 Å². The number of benzene rings is 3. The smallest absolute Gasteiger partial charge is 0.416 e. The maximum absolute atomic E-state index is 13.2. The zero-order valence-corrected chi connectivity index (χ0v) is 14.3. The van der Waals surface area contributed by atoms with Crippen molar-refractivity contribution in [2.75, 3.05) is 0 Å². The van der Waals surface area contributed by atoms with Crippen LogP contribution in [0.3, 0.4) is 0 Å². The van der Waals surface area contributed by atoms with Crippen LogP contribution in [-0.4, -0.2) is 0 Å². The molecule has 1 nitrogen and oxygen atoms in total. The molecule has 0 saturated heterocycles. The van der Waals surface area contributed by atoms with Gasteiger partial charge in [-0.25, -0.2) is 0 Å². The van der Waals surface area contributed by atoms with Crippen LogP contribution in [0.5, 0.6) is 5.75 Å². The molecule has 0 radical (unpaired) electrons. The van der Waals surface area contributed by atoms with E-state index in [2.05, 4.69) is 0 Å². The Labute approximate surface area is 157 Å². The molecule has 0 aliphatic carbocycles. The fourth-order valence-corrected chi connectivity index (χ4v) is 2.72. The van der Waals surface area contributed by atoms with Gasteiger partial charge in [-0.1, -0.05) is 48.5 Å². The molecule has 0 N–H and O–H groups in total. The van der Waals surface area contributed by atoms with Crippen molar-refractivity contribution in [3.05, 3.63) is 101 Å². The van der Waals surface area contributed by atoms with Gasteiger partial charge in [-0.05, 0) is 41.5 Å². The van der Waals surface area contributed by atoms with Crippen LogP contribution in [0.4, 0.5) is 26.3 Å². The SMILES string of the molecule is FC(F)(F)c1cc(C(Oc2ccccc2)c2ccccc2)cc(C(F)(F)F)c1. The summed E-state index contributed by atoms with van der Waals surface area (Å²) in [7, 11) is 0. The van der Waals surface area contributed by atoms with Gasteiger partial charge in [-0.2, -0.15) is 26.3 Å². The second-order valence-electron chi connectivity index (χ2n) is 6.06. The number of rotatable bonds is 4. The van der Waals surface area contributed by atoms with E-state index in [1.165, 1.54) is 0 Å². The number of para-hydroxylation sites is 1. The van der Waals surface area contributed by atoms with E-state index >= 15 is 0 Å². The van der Waals surface area contributed by atoms with Gasteiger partial charge in [0, 0.05) is 0 Å². The first-order chi connectivity index (χ1) is 13.1. The minimum atomic E-state index is -4.93. The molecule has 7 heteroatoms. The third-order valence-corrected chi connectivity index (χ3v) is 4.01. The van der Waals surface area contributed by atoms with Crippen LogP contribution in [0, 0.1) is 0 Å². The second kappa shape index (κ2) is 7.58. The summed E-state index contributed by atoms with van der Waals surface area (Å²) in [4.78, 5) is 0. The second-order valence-corrected chi connectivity index (χ2v) is 6.06. The molecule has 0 bridgehead atoms. The van der Waals surface area contributed by atoms with Gasteiger partial charge < -0.3 is 4.74 Å². The van der Waals surface area contributed by atoms with Crippen molar-refractivity contribution in [1.82, 2.24) is 0 Å². The maximum atomic E-state index is 13.2. The van der Waals surface area contributed by atoms with E-state index in [1.54, 1.807) is 60.7 Å². The van der Waals surface area contributed by atoms with Crippen LogP contribution in [0.25, 0.3) is 0 Å². The van der Waals surface area contributed by atoms with Gasteiger partial charge >= 0.3 is 12.4 Å². The van der Waals surface area contributed by atoms with Gasteiger partial charge in [0.1, 0.15) is 11.9 Å². The molecule has 3 rings (SSSR count). The lowest BCUT2D eigenvalue weighted by Crippen LogP contribution is -2.15. The molecule has 146 valence electrons. The third kappa shape index (κ3) is 4.65. The van der Waals surface area contributed by atoms with Crippen LogP contribution < -0.4 is 4.74 Å². The zero-order valence-electron chi connectivity index (χ0n) is 14.3. The summed E-state index contributed by atoms with van der Waals surface area (Å²) in [5, 5.41) is 0. The third-order valence-electron chi connectivity index (χ3n) is 4.01. The minimum absolute atomic E-state index is 0.105. The fraction of sp³-hybridized carbons (Fsp3) is 0.143. The lowest BCUT2D eigenvalue weighted by Gasteiger charge is -2.22. The lowest BCUT2D eigenvalue weighted by molar-refractivity contribution is -0.143. The Hall–Kier alpha value is -2.96. The molecule has 0 spiro atoms. The molecule has 0 amide bonds. The molecule has 1 atom stereocenters. The topological polar surface area (TPSA) is 9.23 Å². The summed E-state index contributed by atoms with van der Waals surface area (Å²) in [5.74, 6) is 0.322. The van der Waals surface area contributed by atoms with Gasteiger partial charge in [0.05, 0.1) is 11.1 Å². The van der Waals surface area contributed by atoms with E-state index in [0.29, 0.717) is 23.4 Å². The number of halogens is 6. The predicted molar refractivity (Wildman–Crippen MR) is 91.8 cm³/mol. The quantitative estimate of drug-likeness (QED) is 0.436. The number of hydrogen-bond donors (Lipinski definition) is 0. The molecule has 1 unspecified atom stereocenters. The monoisotopic (exact) mass is 396 g/mol. The molecule has 0 saturated carbocycles. The molecule has 0 aliphatic heterocycles. The average Bonchev–Trinajstić information content (AvgIpc) is 2.66. The summed E-state index contributed by atoms with van der Waals surface area (Å²) in [5.41, 5.74) is -2.57. The molecule has 3 aromatic rings. The van der Waals surface area contributed by atoms with Crippen molar-refractivity contribution < 1.29 is 31.1 Å². The average molecular weight is 396 g/mol. The van der Waals surface area contributed by atoms with Crippen molar-refractivity contribution >= 4 is 0 Å². The summed E-state index contributed by atoms with van der Waals surface area (Å²) in [6, 6.07) is 17.8. The Morgan fingerprint density at radius 1 is 0.571 bits per heavy atom. The maximum Gasteiger partial charge on any atom is 0.416 e. The predicted octanol–water partition coefficient (Wildman–Crippen LogP) is 6.89. The fourth-order valence-electron chi connectivity index (χ4n) is 2.72. The summed E-state index contributed by atoms with van der Waals surface area (Å²) < 4.78 is 85.1. The van der Waals surface area contributed by atoms with Crippen molar-refractivity contribution in [3.63, 3.8) is 0 Å². The molecule has 0 aliphatic rings. The Kier molecular flexibility index (Phi) is 5.36. The normalized spacial score (nSPS) is 13.2. The van der Waals surface area contributed by atoms with Crippen LogP contribution in [-0.2, 0) is 12.4 Å². The van der Waals surface area contributed by atoms with Gasteiger partial charge in [0.15, 0.2) is 0 Å². The molecule has 28 heavy (non-hydrogen) atoms. The van der Waals surface area contributed by atoms with Crippen LogP contribution in [0.2, 0.25) is 0 Å². The standard InChI is InChI=1S/C21H14F6O/c22-20(23,24)16-11-15(12-17(13-16)21(25,26)27)19(14-7-3-1-4-8-14)28-18-9-5-2-6-10-18/h1-13,19H. The molecule has 0 aromatic heterocycles. The van der Waals surface area contributed by atoms with E-state index < -0.39 is 29.6 Å². The van der Waals surface area contributed by atoms with E-state index in [4.69, 9.17) is 4.74 Å². The van der Waals surface area contributed by atoms with Gasteiger partial charge in [0.25, 0.3) is 0 Å². The number of hydrogen-bond acceptors (Lipinski definition) is 1. The van der Waals surface area contributed by atoms with Crippen LogP contribution in [0.1, 0.15) is 28.4 Å². The van der Waals surface area contributed by atoms with Crippen molar-refractivity contribution in [1.29, 1.82) is 0 Å². The first-order valence-corrected chi connectivity index (χ1v) is 8.20. The first-order valence-electron chi connectivity index (χ1n) is 8.20. The van der Waals surface area contributed by atoms with Crippen molar-refractivity contribution in [2.24, 2.45) is 0 Å². The Morgan fingerprint density at radius 3 is 1.50 bits per heavy atom. The lowest BCUT2D eigenvalue weighted by atomic mass is 9.96. The van der Waals surface area contributed by atoms with Crippen LogP contribution >= 0.6 is 0 Å². The highest BCUT2D eigenvalue weighted by Gasteiger charge is 2.38. The van der Waals surface area contributed by atoms with Crippen molar-refractivity contribution in [2.45, 2.75) is 18.5 Å². The van der Waals surface area contributed by atoms with Gasteiger partial charge in [-0.15, -0.1) is 0 Å². The number of alkyl halides is 6. The van der Waals surface area contributed by atoms with E-state index in [9.17, 15) is 26.3 Å². The van der Waals surface area contributed by atoms with E-state index in [0.717, 1.165) is 0 Å². The Balaban J connectivity index is 2.16. The number of ether oxygens (including phenoxy) is 1. The highest BCUT2D eigenvalue weighted by Crippen LogP contribution is 2.39. The molecule has 3 aromatic carbocycles. The molecular formula is C21H14F6O. The summed E-state index contributed by atoms with van der Waals surface area (Å²) >= 11 is 0. The molecule has 0 heterocycles. The summed E-state index contributed by atoms with van der Waals surface area (Å²) in [6.07, 6.45) is -11.0.